The Bertz CT molecular complexity index is 421. The molecule has 1 rings (SSSR count). The first-order valence-electron chi connectivity index (χ1n) is 6.53. The molecule has 0 saturated carbocycles. The van der Waals surface area contributed by atoms with Gasteiger partial charge in [0.05, 0.1) is 6.61 Å². The van der Waals surface area contributed by atoms with Crippen LogP contribution in [0.15, 0.2) is 40.6 Å². The van der Waals surface area contributed by atoms with Crippen molar-refractivity contribution < 1.29 is 4.43 Å². The average molecular weight is 296 g/mol. The maximum Gasteiger partial charge on any atom is 0.192 e. The molecule has 0 fully saturated rings. The summed E-state index contributed by atoms with van der Waals surface area (Å²) in [7, 11) is -1.62. The zero-order valence-electron chi connectivity index (χ0n) is 12.6. The summed E-state index contributed by atoms with van der Waals surface area (Å²) in [6, 6.07) is 7.89. The molecular weight excluding hydrogens is 270 g/mol. The van der Waals surface area contributed by atoms with Gasteiger partial charge in [-0.2, -0.15) is 0 Å². The zero-order valence-corrected chi connectivity index (χ0v) is 14.4. The van der Waals surface area contributed by atoms with E-state index in [1.54, 1.807) is 11.8 Å². The monoisotopic (exact) mass is 295 g/mol. The van der Waals surface area contributed by atoms with E-state index >= 15 is 0 Å². The molecule has 2 N–H and O–H groups in total. The number of anilines is 1. The highest BCUT2D eigenvalue weighted by atomic mass is 32.2. The molecule has 0 unspecified atom stereocenters. The van der Waals surface area contributed by atoms with Crippen molar-refractivity contribution in [3.63, 3.8) is 0 Å². The fourth-order valence-corrected chi connectivity index (χ4v) is 2.76. The van der Waals surface area contributed by atoms with Crippen LogP contribution in [0, 0.1) is 0 Å². The highest BCUT2D eigenvalue weighted by molar-refractivity contribution is 8.02. The minimum atomic E-state index is -1.62. The van der Waals surface area contributed by atoms with Crippen LogP contribution in [0.3, 0.4) is 0 Å². The van der Waals surface area contributed by atoms with Crippen molar-refractivity contribution in [2.45, 2.75) is 43.8 Å². The van der Waals surface area contributed by atoms with Gasteiger partial charge >= 0.3 is 0 Å². The van der Waals surface area contributed by atoms with E-state index in [1.807, 2.05) is 24.3 Å². The minimum Gasteiger partial charge on any atom is -0.413 e. The van der Waals surface area contributed by atoms with Crippen molar-refractivity contribution in [1.82, 2.24) is 0 Å². The van der Waals surface area contributed by atoms with Gasteiger partial charge < -0.3 is 10.2 Å². The lowest BCUT2D eigenvalue weighted by Crippen LogP contribution is -2.40. The second-order valence-electron chi connectivity index (χ2n) is 6.13. The van der Waals surface area contributed by atoms with Gasteiger partial charge in [0.2, 0.25) is 0 Å². The fraction of sp³-hybridized carbons (Fsp3) is 0.467. The van der Waals surface area contributed by atoms with Crippen LogP contribution in [-0.2, 0) is 4.43 Å². The van der Waals surface area contributed by atoms with Crippen LogP contribution in [0.1, 0.15) is 20.8 Å². The van der Waals surface area contributed by atoms with Gasteiger partial charge in [0.15, 0.2) is 8.32 Å². The molecule has 0 heterocycles. The predicted molar refractivity (Wildman–Crippen MR) is 89.0 cm³/mol. The van der Waals surface area contributed by atoms with E-state index in [0.717, 1.165) is 5.69 Å². The first-order valence-corrected chi connectivity index (χ1v) is 10.3. The van der Waals surface area contributed by atoms with Crippen molar-refractivity contribution in [3.8, 4) is 0 Å². The van der Waals surface area contributed by atoms with Gasteiger partial charge in [-0.05, 0) is 47.8 Å². The third-order valence-electron chi connectivity index (χ3n) is 3.53. The maximum absolute atomic E-state index is 6.07. The Balaban J connectivity index is 2.37. The molecule has 1 aromatic rings. The van der Waals surface area contributed by atoms with E-state index in [0.29, 0.717) is 6.61 Å². The highest BCUT2D eigenvalue weighted by Gasteiger charge is 2.36. The van der Waals surface area contributed by atoms with E-state index in [1.165, 1.54) is 4.90 Å². The predicted octanol–water partition coefficient (Wildman–Crippen LogP) is 4.90. The molecule has 0 bridgehead atoms. The molecule has 0 saturated heterocycles. The van der Waals surface area contributed by atoms with Crippen LogP contribution in [0.5, 0.6) is 0 Å². The molecule has 19 heavy (non-hydrogen) atoms. The summed E-state index contributed by atoms with van der Waals surface area (Å²) in [4.78, 5) is 1.19. The molecule has 106 valence electrons. The third-order valence-corrected chi connectivity index (χ3v) is 8.90. The van der Waals surface area contributed by atoms with E-state index in [4.69, 9.17) is 10.2 Å². The number of benzene rings is 1. The molecule has 0 aliphatic heterocycles. The van der Waals surface area contributed by atoms with Crippen LogP contribution >= 0.6 is 11.8 Å². The molecule has 0 radical (unpaired) electrons. The van der Waals surface area contributed by atoms with E-state index in [9.17, 15) is 0 Å². The summed E-state index contributed by atoms with van der Waals surface area (Å²) in [6.07, 6.45) is 2.08. The number of rotatable bonds is 5. The first kappa shape index (κ1) is 16.3. The molecule has 0 atom stereocenters. The van der Waals surface area contributed by atoms with E-state index in [2.05, 4.69) is 45.3 Å². The van der Waals surface area contributed by atoms with Crippen LogP contribution in [-0.4, -0.2) is 14.9 Å². The Morgan fingerprint density at radius 3 is 2.32 bits per heavy atom. The molecule has 2 nitrogen and oxygen atoms in total. The lowest BCUT2D eigenvalue weighted by Gasteiger charge is -2.35. The topological polar surface area (TPSA) is 35.2 Å². The summed E-state index contributed by atoms with van der Waals surface area (Å²) < 4.78 is 6.07. The van der Waals surface area contributed by atoms with E-state index < -0.39 is 8.32 Å². The van der Waals surface area contributed by atoms with Crippen molar-refractivity contribution in [1.29, 1.82) is 0 Å². The highest BCUT2D eigenvalue weighted by Crippen LogP contribution is 2.36. The number of thioether (sulfide) groups is 1. The average Bonchev–Trinajstić information content (AvgIpc) is 2.29. The number of nitrogen functional groups attached to an aromatic ring is 1. The summed E-state index contributed by atoms with van der Waals surface area (Å²) in [5.41, 5.74) is 6.45. The fourth-order valence-electron chi connectivity index (χ4n) is 1.19. The summed E-state index contributed by atoms with van der Waals surface area (Å²) >= 11 is 1.69. The van der Waals surface area contributed by atoms with Gasteiger partial charge in [-0.15, -0.1) is 0 Å². The molecule has 0 aliphatic carbocycles. The van der Waals surface area contributed by atoms with E-state index in [-0.39, 0.29) is 5.04 Å². The third kappa shape index (κ3) is 5.43. The number of nitrogens with two attached hydrogens (primary N) is 1. The van der Waals surface area contributed by atoms with Gasteiger partial charge in [-0.3, -0.25) is 0 Å². The van der Waals surface area contributed by atoms with Crippen LogP contribution < -0.4 is 5.73 Å². The Morgan fingerprint density at radius 1 is 1.21 bits per heavy atom. The van der Waals surface area contributed by atoms with Gasteiger partial charge in [0.25, 0.3) is 0 Å². The van der Waals surface area contributed by atoms with Gasteiger partial charge in [-0.25, -0.2) is 0 Å². The molecule has 4 heteroatoms. The second kappa shape index (κ2) is 6.64. The Labute approximate surface area is 122 Å². The molecule has 0 spiro atoms. The summed E-state index contributed by atoms with van der Waals surface area (Å²) in [6.45, 7) is 12.0. The Morgan fingerprint density at radius 2 is 1.79 bits per heavy atom. The second-order valence-corrected chi connectivity index (χ2v) is 11.9. The summed E-state index contributed by atoms with van der Waals surface area (Å²) in [5, 5.41) is 2.35. The molecule has 0 amide bonds. The largest absolute Gasteiger partial charge is 0.413 e. The number of hydrogen-bond acceptors (Lipinski definition) is 3. The normalized spacial score (nSPS) is 13.1. The smallest absolute Gasteiger partial charge is 0.192 e. The lowest BCUT2D eigenvalue weighted by atomic mass is 10.2. The van der Waals surface area contributed by atoms with Crippen molar-refractivity contribution in [2.75, 3.05) is 12.3 Å². The molecule has 0 aromatic heterocycles. The molecule has 1 aromatic carbocycles. The van der Waals surface area contributed by atoms with Crippen LogP contribution in [0.25, 0.3) is 0 Å². The van der Waals surface area contributed by atoms with Crippen molar-refractivity contribution in [3.05, 3.63) is 35.7 Å². The van der Waals surface area contributed by atoms with Crippen LogP contribution in [0.2, 0.25) is 18.1 Å². The standard InChI is InChI=1S/C15H25NOSSi/c1-15(2,3)19(4,5)17-11-6-12-18-14-9-7-13(16)8-10-14/h6-10,12H,11,16H2,1-5H3/b12-6-. The number of hydrogen-bond donors (Lipinski definition) is 1. The van der Waals surface area contributed by atoms with Gasteiger partial charge in [-0.1, -0.05) is 38.6 Å². The van der Waals surface area contributed by atoms with Crippen molar-refractivity contribution in [2.24, 2.45) is 0 Å². The molecular formula is C15H25NOSSi. The quantitative estimate of drug-likeness (QED) is 0.477. The van der Waals surface area contributed by atoms with Crippen molar-refractivity contribution >= 4 is 25.8 Å². The maximum atomic E-state index is 6.07. The lowest BCUT2D eigenvalue weighted by molar-refractivity contribution is 0.328. The van der Waals surface area contributed by atoms with Gasteiger partial charge in [0.1, 0.15) is 0 Å². The Hall–Kier alpha value is -0.713. The first-order chi connectivity index (χ1) is 8.72. The Kier molecular flexibility index (Phi) is 5.71. The van der Waals surface area contributed by atoms with Crippen LogP contribution in [0.4, 0.5) is 5.69 Å². The SMILES string of the molecule is CC(C)(C)[Si](C)(C)OC/C=C\Sc1ccc(N)cc1. The van der Waals surface area contributed by atoms with Gasteiger partial charge in [0, 0.05) is 10.6 Å². The summed E-state index contributed by atoms with van der Waals surface area (Å²) in [5.74, 6) is 0. The zero-order chi connectivity index (χ0) is 14.5. The molecule has 0 aliphatic rings. The minimum absolute atomic E-state index is 0.269.